The second kappa shape index (κ2) is 9.95. The summed E-state index contributed by atoms with van der Waals surface area (Å²) in [6, 6.07) is 24.6. The van der Waals surface area contributed by atoms with E-state index in [0.29, 0.717) is 42.3 Å². The van der Waals surface area contributed by atoms with Gasteiger partial charge in [-0.1, -0.05) is 44.2 Å². The van der Waals surface area contributed by atoms with Crippen LogP contribution in [0.3, 0.4) is 0 Å². The third kappa shape index (κ3) is 4.24. The molecule has 1 aliphatic heterocycles. The van der Waals surface area contributed by atoms with Crippen molar-refractivity contribution in [3.63, 3.8) is 0 Å². The Hall–Kier alpha value is -3.64. The summed E-state index contributed by atoms with van der Waals surface area (Å²) in [5, 5.41) is 12.0. The maximum absolute atomic E-state index is 13.4. The summed E-state index contributed by atoms with van der Waals surface area (Å²) >= 11 is 0. The number of fused-ring (bicyclic) bond motifs is 1. The van der Waals surface area contributed by atoms with Gasteiger partial charge in [-0.05, 0) is 109 Å². The second-order valence-corrected chi connectivity index (χ2v) is 14.2. The van der Waals surface area contributed by atoms with Crippen LogP contribution in [0.25, 0.3) is 22.2 Å². The molecule has 6 heteroatoms. The van der Waals surface area contributed by atoms with Crippen molar-refractivity contribution in [2.45, 2.75) is 63.9 Å². The number of amides is 1. The van der Waals surface area contributed by atoms with Crippen LogP contribution in [0.5, 0.6) is 5.75 Å². The van der Waals surface area contributed by atoms with Gasteiger partial charge in [0, 0.05) is 41.7 Å². The highest BCUT2D eigenvalue weighted by molar-refractivity contribution is 6.01. The van der Waals surface area contributed by atoms with Gasteiger partial charge in [0.2, 0.25) is 0 Å². The monoisotopic (exact) mass is 575 g/mol. The lowest BCUT2D eigenvalue weighted by Gasteiger charge is -2.71. The van der Waals surface area contributed by atoms with E-state index in [1.165, 1.54) is 31.2 Å². The molecule has 1 aromatic heterocycles. The molecule has 3 aromatic carbocycles. The number of hydrogen-bond donors (Lipinski definition) is 2. The molecular weight excluding hydrogens is 534 g/mol. The molecule has 4 unspecified atom stereocenters. The number of ether oxygens (including phenoxy) is 2. The fourth-order valence-corrected chi connectivity index (χ4v) is 9.59. The maximum Gasteiger partial charge on any atom is 0.251 e. The van der Waals surface area contributed by atoms with Crippen LogP contribution in [-0.4, -0.2) is 42.0 Å². The third-order valence-corrected chi connectivity index (χ3v) is 11.9. The number of aromatic amines is 1. The van der Waals surface area contributed by atoms with E-state index in [1.54, 1.807) is 0 Å². The first-order valence-corrected chi connectivity index (χ1v) is 16.0. The molecule has 0 bridgehead atoms. The fraction of sp³-hybridized carbons (Fsp3) is 0.459. The predicted molar refractivity (Wildman–Crippen MR) is 168 cm³/mol. The summed E-state index contributed by atoms with van der Waals surface area (Å²) in [5.74, 6) is 2.57. The molecule has 1 amide bonds. The molecule has 1 spiro atoms. The van der Waals surface area contributed by atoms with Crippen LogP contribution in [0.4, 0.5) is 0 Å². The van der Waals surface area contributed by atoms with E-state index in [2.05, 4.69) is 77.9 Å². The first-order valence-electron chi connectivity index (χ1n) is 16.0. The zero-order valence-electron chi connectivity index (χ0n) is 25.2. The third-order valence-electron chi connectivity index (χ3n) is 11.9. The fourth-order valence-electron chi connectivity index (χ4n) is 9.59. The van der Waals surface area contributed by atoms with Gasteiger partial charge in [-0.2, -0.15) is 5.10 Å². The second-order valence-electron chi connectivity index (χ2n) is 14.2. The van der Waals surface area contributed by atoms with Crippen molar-refractivity contribution in [1.82, 2.24) is 15.5 Å². The van der Waals surface area contributed by atoms with Gasteiger partial charge < -0.3 is 14.8 Å². The summed E-state index contributed by atoms with van der Waals surface area (Å²) in [5.41, 5.74) is 5.59. The van der Waals surface area contributed by atoms with Crippen LogP contribution in [0, 0.1) is 22.7 Å². The number of carbonyl (C=O) groups excluding carboxylic acids is 1. The number of carbonyl (C=O) groups is 1. The molecule has 0 radical (unpaired) electrons. The zero-order chi connectivity index (χ0) is 29.2. The van der Waals surface area contributed by atoms with Gasteiger partial charge in [-0.15, -0.1) is 0 Å². The van der Waals surface area contributed by atoms with E-state index in [-0.39, 0.29) is 11.3 Å². The molecule has 1 saturated heterocycles. The maximum atomic E-state index is 13.4. The Morgan fingerprint density at radius 1 is 1.00 bits per heavy atom. The van der Waals surface area contributed by atoms with Crippen molar-refractivity contribution in [2.75, 3.05) is 19.8 Å². The highest BCUT2D eigenvalue weighted by atomic mass is 16.5. The van der Waals surface area contributed by atoms with Crippen LogP contribution >= 0.6 is 0 Å². The van der Waals surface area contributed by atoms with Crippen molar-refractivity contribution in [3.05, 3.63) is 83.9 Å². The molecular formula is C37H41N3O3. The minimum atomic E-state index is -0.114. The Labute approximate surface area is 253 Å². The Bertz CT molecular complexity index is 1650. The Balaban J connectivity index is 0.970. The van der Waals surface area contributed by atoms with Crippen LogP contribution < -0.4 is 10.1 Å². The van der Waals surface area contributed by atoms with Crippen molar-refractivity contribution in [3.8, 4) is 17.0 Å². The largest absolute Gasteiger partial charge is 0.490 e. The van der Waals surface area contributed by atoms with Gasteiger partial charge in [0.1, 0.15) is 5.75 Å². The lowest BCUT2D eigenvalue weighted by molar-refractivity contribution is -0.233. The average molecular weight is 576 g/mol. The summed E-state index contributed by atoms with van der Waals surface area (Å²) in [7, 11) is 0. The van der Waals surface area contributed by atoms with Crippen LogP contribution in [-0.2, 0) is 10.2 Å². The van der Waals surface area contributed by atoms with Gasteiger partial charge in [0.25, 0.3) is 5.91 Å². The van der Waals surface area contributed by atoms with Crippen molar-refractivity contribution in [1.29, 1.82) is 0 Å². The highest BCUT2D eigenvalue weighted by Gasteiger charge is 2.73. The molecule has 4 aliphatic rings. The lowest BCUT2D eigenvalue weighted by Crippen LogP contribution is -2.65. The van der Waals surface area contributed by atoms with E-state index < -0.39 is 0 Å². The normalized spacial score (nSPS) is 28.3. The molecule has 2 N–H and O–H groups in total. The number of hydrogen-bond acceptors (Lipinski definition) is 4. The minimum Gasteiger partial charge on any atom is -0.490 e. The number of aromatic nitrogens is 2. The van der Waals surface area contributed by atoms with Gasteiger partial charge >= 0.3 is 0 Å². The van der Waals surface area contributed by atoms with Gasteiger partial charge in [-0.3, -0.25) is 9.89 Å². The van der Waals surface area contributed by atoms with Crippen molar-refractivity contribution in [2.24, 2.45) is 22.7 Å². The van der Waals surface area contributed by atoms with E-state index in [9.17, 15) is 4.79 Å². The topological polar surface area (TPSA) is 76.2 Å². The zero-order valence-corrected chi connectivity index (χ0v) is 25.2. The minimum absolute atomic E-state index is 0.0681. The standard InChI is InChI=1S/C37H41N3O3/c1-35(2)31-14-15-37(31)22-28(21-32(35)37)43-27-11-8-24(9-12-27)33-29-20-25(10-13-30(29)39-40-33)34(41)38-23-36(16-18-42-19-17-36)26-6-4-3-5-7-26/h3-13,20,28,31-32H,14-19,21-23H2,1-2H3,(H,38,41)(H,39,40). The van der Waals surface area contributed by atoms with E-state index in [1.807, 2.05) is 24.3 Å². The van der Waals surface area contributed by atoms with Crippen molar-refractivity contribution < 1.29 is 14.3 Å². The smallest absolute Gasteiger partial charge is 0.251 e. The van der Waals surface area contributed by atoms with Gasteiger partial charge in [-0.25, -0.2) is 0 Å². The Morgan fingerprint density at radius 2 is 1.79 bits per heavy atom. The molecule has 4 atom stereocenters. The molecule has 6 nitrogen and oxygen atoms in total. The van der Waals surface area contributed by atoms with Crippen LogP contribution in [0.15, 0.2) is 72.8 Å². The molecule has 4 aromatic rings. The van der Waals surface area contributed by atoms with E-state index in [4.69, 9.17) is 9.47 Å². The summed E-state index contributed by atoms with van der Waals surface area (Å²) in [6.45, 7) is 6.93. The van der Waals surface area contributed by atoms with Crippen LogP contribution in [0.1, 0.15) is 68.3 Å². The molecule has 8 rings (SSSR count). The van der Waals surface area contributed by atoms with Crippen LogP contribution in [0.2, 0.25) is 0 Å². The summed E-state index contributed by atoms with van der Waals surface area (Å²) < 4.78 is 12.2. The first-order chi connectivity index (χ1) is 20.9. The molecule has 3 aliphatic carbocycles. The van der Waals surface area contributed by atoms with E-state index in [0.717, 1.165) is 52.6 Å². The Kier molecular flexibility index (Phi) is 6.23. The van der Waals surface area contributed by atoms with Gasteiger partial charge in [0.15, 0.2) is 0 Å². The summed E-state index contributed by atoms with van der Waals surface area (Å²) in [6.07, 6.45) is 7.28. The molecule has 3 saturated carbocycles. The molecule has 4 fully saturated rings. The number of benzene rings is 3. The SMILES string of the molecule is CC1(C)C2CCC23CC(Oc2ccc(-c4n[nH]c5ccc(C(=O)NCC6(c7ccccc7)CCOCC6)cc45)cc2)CC13. The quantitative estimate of drug-likeness (QED) is 0.242. The van der Waals surface area contributed by atoms with E-state index >= 15 is 0 Å². The number of nitrogens with zero attached hydrogens (tertiary/aromatic N) is 1. The first kappa shape index (κ1) is 26.9. The van der Waals surface area contributed by atoms with Crippen molar-refractivity contribution >= 4 is 16.8 Å². The lowest BCUT2D eigenvalue weighted by atomic mass is 9.33. The van der Waals surface area contributed by atoms with Gasteiger partial charge in [0.05, 0.1) is 17.3 Å². The molecule has 222 valence electrons. The number of nitrogens with one attached hydrogen (secondary N) is 2. The average Bonchev–Trinajstić information content (AvgIpc) is 3.63. The highest BCUT2D eigenvalue weighted by Crippen LogP contribution is 2.79. The number of H-pyrrole nitrogens is 1. The molecule has 2 heterocycles. The Morgan fingerprint density at radius 3 is 2.51 bits per heavy atom. The summed E-state index contributed by atoms with van der Waals surface area (Å²) in [4.78, 5) is 13.4. The molecule has 43 heavy (non-hydrogen) atoms. The predicted octanol–water partition coefficient (Wildman–Crippen LogP) is 7.30. The number of rotatable bonds is 7.